The lowest BCUT2D eigenvalue weighted by atomic mass is 9.83. The summed E-state index contributed by atoms with van der Waals surface area (Å²) in [4.78, 5) is 11.1. The molecule has 1 saturated carbocycles. The summed E-state index contributed by atoms with van der Waals surface area (Å²) in [5, 5.41) is 12.4. The second-order valence-electron chi connectivity index (χ2n) is 5.07. The highest BCUT2D eigenvalue weighted by atomic mass is 16.4. The molecule has 0 unspecified atom stereocenters. The fraction of sp³-hybridized carbons (Fsp3) is 0.500. The quantitative estimate of drug-likeness (QED) is 0.700. The molecule has 1 aromatic rings. The first-order valence-electron chi connectivity index (χ1n) is 6.45. The highest BCUT2D eigenvalue weighted by molar-refractivity contribution is 5.95. The van der Waals surface area contributed by atoms with Gasteiger partial charge in [0.15, 0.2) is 0 Å². The van der Waals surface area contributed by atoms with Crippen molar-refractivity contribution >= 4 is 17.3 Å². The van der Waals surface area contributed by atoms with Gasteiger partial charge in [0.2, 0.25) is 0 Å². The SMILES string of the molecule is Cc1cc(NCCC2CCC2)cc(C(=O)O)c1N. The molecular weight excluding hydrogens is 228 g/mol. The molecule has 0 radical (unpaired) electrons. The van der Waals surface area contributed by atoms with E-state index in [-0.39, 0.29) is 5.56 Å². The summed E-state index contributed by atoms with van der Waals surface area (Å²) >= 11 is 0. The minimum Gasteiger partial charge on any atom is -0.478 e. The number of carboxylic acid groups (broad SMARTS) is 1. The number of nitrogen functional groups attached to an aromatic ring is 1. The first-order chi connectivity index (χ1) is 8.58. The van der Waals surface area contributed by atoms with E-state index in [4.69, 9.17) is 10.8 Å². The van der Waals surface area contributed by atoms with Gasteiger partial charge in [-0.05, 0) is 37.0 Å². The predicted octanol–water partition coefficient (Wildman–Crippen LogP) is 2.88. The van der Waals surface area contributed by atoms with Crippen molar-refractivity contribution in [1.29, 1.82) is 0 Å². The zero-order chi connectivity index (χ0) is 13.1. The molecule has 0 aliphatic heterocycles. The molecule has 0 bridgehead atoms. The van der Waals surface area contributed by atoms with Gasteiger partial charge < -0.3 is 16.2 Å². The zero-order valence-corrected chi connectivity index (χ0v) is 10.7. The number of hydrogen-bond donors (Lipinski definition) is 3. The van der Waals surface area contributed by atoms with Gasteiger partial charge in [0.1, 0.15) is 0 Å². The minimum atomic E-state index is -0.974. The Bertz CT molecular complexity index is 453. The minimum absolute atomic E-state index is 0.182. The van der Waals surface area contributed by atoms with Gasteiger partial charge in [0.25, 0.3) is 0 Å². The highest BCUT2D eigenvalue weighted by Crippen LogP contribution is 2.29. The Morgan fingerprint density at radius 1 is 1.50 bits per heavy atom. The molecule has 0 amide bonds. The van der Waals surface area contributed by atoms with Gasteiger partial charge in [0, 0.05) is 17.9 Å². The topological polar surface area (TPSA) is 75.3 Å². The van der Waals surface area contributed by atoms with Crippen LogP contribution in [0.4, 0.5) is 11.4 Å². The molecule has 4 heteroatoms. The van der Waals surface area contributed by atoms with E-state index < -0.39 is 5.97 Å². The van der Waals surface area contributed by atoms with E-state index in [1.807, 2.05) is 13.0 Å². The fourth-order valence-electron chi connectivity index (χ4n) is 2.28. The number of aromatic carboxylic acids is 1. The number of nitrogens with one attached hydrogen (secondary N) is 1. The first kappa shape index (κ1) is 12.7. The molecule has 98 valence electrons. The molecule has 0 heterocycles. The van der Waals surface area contributed by atoms with Gasteiger partial charge in [-0.1, -0.05) is 19.3 Å². The summed E-state index contributed by atoms with van der Waals surface area (Å²) in [5.74, 6) is -0.121. The van der Waals surface area contributed by atoms with E-state index in [1.165, 1.54) is 19.3 Å². The average Bonchev–Trinajstić information content (AvgIpc) is 2.26. The van der Waals surface area contributed by atoms with Gasteiger partial charge in [0.05, 0.1) is 5.56 Å². The van der Waals surface area contributed by atoms with Crippen LogP contribution in [0.15, 0.2) is 12.1 Å². The fourth-order valence-corrected chi connectivity index (χ4v) is 2.28. The molecule has 0 spiro atoms. The van der Waals surface area contributed by atoms with Crippen molar-refractivity contribution in [1.82, 2.24) is 0 Å². The summed E-state index contributed by atoms with van der Waals surface area (Å²) in [6, 6.07) is 3.52. The molecule has 4 N–H and O–H groups in total. The number of carbonyl (C=O) groups is 1. The lowest BCUT2D eigenvalue weighted by Crippen LogP contribution is -2.16. The van der Waals surface area contributed by atoms with Crippen LogP contribution in [0.1, 0.15) is 41.6 Å². The third kappa shape index (κ3) is 2.75. The van der Waals surface area contributed by atoms with Crippen molar-refractivity contribution in [2.75, 3.05) is 17.6 Å². The Labute approximate surface area is 107 Å². The maximum atomic E-state index is 11.1. The molecule has 4 nitrogen and oxygen atoms in total. The Morgan fingerprint density at radius 3 is 2.78 bits per heavy atom. The molecule has 18 heavy (non-hydrogen) atoms. The van der Waals surface area contributed by atoms with Crippen LogP contribution in [0.2, 0.25) is 0 Å². The Hall–Kier alpha value is -1.71. The van der Waals surface area contributed by atoms with Gasteiger partial charge in [-0.2, -0.15) is 0 Å². The predicted molar refractivity (Wildman–Crippen MR) is 73.0 cm³/mol. The average molecular weight is 248 g/mol. The van der Waals surface area contributed by atoms with Crippen LogP contribution < -0.4 is 11.1 Å². The van der Waals surface area contributed by atoms with Crippen LogP contribution in [0.5, 0.6) is 0 Å². The lowest BCUT2D eigenvalue weighted by molar-refractivity contribution is 0.0698. The number of anilines is 2. The normalized spacial score (nSPS) is 15.2. The molecule has 0 atom stereocenters. The Balaban J connectivity index is 2.01. The molecule has 0 saturated heterocycles. The zero-order valence-electron chi connectivity index (χ0n) is 10.7. The van der Waals surface area contributed by atoms with E-state index in [9.17, 15) is 4.79 Å². The smallest absolute Gasteiger partial charge is 0.337 e. The standard InChI is InChI=1S/C14H20N2O2/c1-9-7-11(8-12(13(9)15)14(17)18)16-6-5-10-3-2-4-10/h7-8,10,16H,2-6,15H2,1H3,(H,17,18). The van der Waals surface area contributed by atoms with Crippen LogP contribution >= 0.6 is 0 Å². The van der Waals surface area contributed by atoms with E-state index in [0.717, 1.165) is 30.1 Å². The van der Waals surface area contributed by atoms with Crippen molar-refractivity contribution in [2.24, 2.45) is 5.92 Å². The van der Waals surface area contributed by atoms with Gasteiger partial charge in [-0.25, -0.2) is 4.79 Å². The van der Waals surface area contributed by atoms with Gasteiger partial charge in [-0.15, -0.1) is 0 Å². The second-order valence-corrected chi connectivity index (χ2v) is 5.07. The second kappa shape index (κ2) is 5.29. The van der Waals surface area contributed by atoms with Crippen LogP contribution in [0, 0.1) is 12.8 Å². The lowest BCUT2D eigenvalue weighted by Gasteiger charge is -2.25. The summed E-state index contributed by atoms with van der Waals surface area (Å²) < 4.78 is 0. The molecular formula is C14H20N2O2. The van der Waals surface area contributed by atoms with Crippen molar-refractivity contribution in [2.45, 2.75) is 32.6 Å². The number of nitrogens with two attached hydrogens (primary N) is 1. The van der Waals surface area contributed by atoms with E-state index in [2.05, 4.69) is 5.32 Å². The van der Waals surface area contributed by atoms with Crippen molar-refractivity contribution in [3.05, 3.63) is 23.3 Å². The van der Waals surface area contributed by atoms with Gasteiger partial charge in [-0.3, -0.25) is 0 Å². The summed E-state index contributed by atoms with van der Waals surface area (Å²) in [6.07, 6.45) is 5.19. The maximum absolute atomic E-state index is 11.1. The van der Waals surface area contributed by atoms with Crippen molar-refractivity contribution in [3.63, 3.8) is 0 Å². The largest absolute Gasteiger partial charge is 0.478 e. The van der Waals surface area contributed by atoms with E-state index >= 15 is 0 Å². The van der Waals surface area contributed by atoms with Crippen molar-refractivity contribution < 1.29 is 9.90 Å². The molecule has 2 rings (SSSR count). The third-order valence-electron chi connectivity index (χ3n) is 3.72. The van der Waals surface area contributed by atoms with E-state index in [0.29, 0.717) is 5.69 Å². The summed E-state index contributed by atoms with van der Waals surface area (Å²) in [5.41, 5.74) is 7.94. The first-order valence-corrected chi connectivity index (χ1v) is 6.45. The molecule has 0 aromatic heterocycles. The number of hydrogen-bond acceptors (Lipinski definition) is 3. The van der Waals surface area contributed by atoms with Crippen LogP contribution in [0.3, 0.4) is 0 Å². The maximum Gasteiger partial charge on any atom is 0.337 e. The monoisotopic (exact) mass is 248 g/mol. The van der Waals surface area contributed by atoms with Crippen molar-refractivity contribution in [3.8, 4) is 0 Å². The third-order valence-corrected chi connectivity index (χ3v) is 3.72. The number of carboxylic acids is 1. The van der Waals surface area contributed by atoms with Crippen LogP contribution in [-0.2, 0) is 0 Å². The highest BCUT2D eigenvalue weighted by Gasteiger charge is 2.16. The molecule has 1 aromatic carbocycles. The van der Waals surface area contributed by atoms with Crippen LogP contribution in [0.25, 0.3) is 0 Å². The Morgan fingerprint density at radius 2 is 2.22 bits per heavy atom. The van der Waals surface area contributed by atoms with Gasteiger partial charge >= 0.3 is 5.97 Å². The summed E-state index contributed by atoms with van der Waals surface area (Å²) in [7, 11) is 0. The van der Waals surface area contributed by atoms with Crippen LogP contribution in [-0.4, -0.2) is 17.6 Å². The van der Waals surface area contributed by atoms with E-state index in [1.54, 1.807) is 6.07 Å². The molecule has 1 aliphatic carbocycles. The number of benzene rings is 1. The number of aryl methyl sites for hydroxylation is 1. The molecule has 1 aliphatic rings. The number of rotatable bonds is 5. The summed E-state index contributed by atoms with van der Waals surface area (Å²) in [6.45, 7) is 2.73. The molecule has 1 fully saturated rings. The Kier molecular flexibility index (Phi) is 3.75.